The second-order valence-corrected chi connectivity index (χ2v) is 4.31. The number of hydrogen-bond acceptors (Lipinski definition) is 4. The van der Waals surface area contributed by atoms with Crippen molar-refractivity contribution in [3.8, 4) is 0 Å². The number of unbranched alkanes of at least 4 members (excludes halogenated alkanes) is 4. The van der Waals surface area contributed by atoms with Gasteiger partial charge in [0.1, 0.15) is 6.10 Å². The molecule has 2 atom stereocenters. The minimum absolute atomic E-state index is 0.250. The lowest BCUT2D eigenvalue weighted by molar-refractivity contribution is -0.174. The Labute approximate surface area is 102 Å². The normalized spacial score (nSPS) is 22.6. The van der Waals surface area contributed by atoms with E-state index >= 15 is 0 Å². The van der Waals surface area contributed by atoms with Gasteiger partial charge in [-0.25, -0.2) is 9.59 Å². The molecule has 0 saturated carbocycles. The molecule has 0 bridgehead atoms. The van der Waals surface area contributed by atoms with Gasteiger partial charge in [0.25, 0.3) is 0 Å². The Morgan fingerprint density at radius 3 is 2.65 bits per heavy atom. The van der Waals surface area contributed by atoms with Gasteiger partial charge in [-0.05, 0) is 13.3 Å². The number of hydrogen-bond donors (Lipinski definition) is 1. The van der Waals surface area contributed by atoms with Crippen molar-refractivity contribution < 1.29 is 19.1 Å². The summed E-state index contributed by atoms with van der Waals surface area (Å²) in [7, 11) is 0. The van der Waals surface area contributed by atoms with Crippen molar-refractivity contribution in [1.29, 1.82) is 0 Å². The van der Waals surface area contributed by atoms with Gasteiger partial charge in [0.2, 0.25) is 0 Å². The monoisotopic (exact) mass is 243 g/mol. The highest BCUT2D eigenvalue weighted by Crippen LogP contribution is 2.13. The van der Waals surface area contributed by atoms with Crippen LogP contribution in [0.5, 0.6) is 0 Å². The largest absolute Gasteiger partial charge is 0.458 e. The molecule has 1 rings (SSSR count). The third-order valence-electron chi connectivity index (χ3n) is 2.78. The molecule has 1 aliphatic rings. The second kappa shape index (κ2) is 7.14. The summed E-state index contributed by atoms with van der Waals surface area (Å²) in [6.07, 6.45) is 4.75. The average Bonchev–Trinajstić information content (AvgIpc) is 2.31. The molecule has 5 heteroatoms. The lowest BCUT2D eigenvalue weighted by atomic mass is 10.1. The Kier molecular flexibility index (Phi) is 5.80. The quantitative estimate of drug-likeness (QED) is 0.548. The van der Waals surface area contributed by atoms with E-state index in [9.17, 15) is 9.59 Å². The fraction of sp³-hybridized carbons (Fsp3) is 0.833. The van der Waals surface area contributed by atoms with Crippen molar-refractivity contribution in [3.63, 3.8) is 0 Å². The number of carbonyl (C=O) groups is 2. The number of carbonyl (C=O) groups excluding carboxylic acids is 2. The van der Waals surface area contributed by atoms with E-state index in [1.165, 1.54) is 19.3 Å². The zero-order valence-corrected chi connectivity index (χ0v) is 10.5. The molecule has 1 saturated heterocycles. The molecular formula is C12H21NO4. The van der Waals surface area contributed by atoms with Crippen LogP contribution in [0.2, 0.25) is 0 Å². The molecule has 2 unspecified atom stereocenters. The van der Waals surface area contributed by atoms with Gasteiger partial charge in [-0.15, -0.1) is 0 Å². The van der Waals surface area contributed by atoms with Gasteiger partial charge in [0.05, 0.1) is 6.61 Å². The second-order valence-electron chi connectivity index (χ2n) is 4.31. The number of cyclic esters (lactones) is 1. The number of rotatable bonds is 7. The Hall–Kier alpha value is -1.26. The Morgan fingerprint density at radius 1 is 1.35 bits per heavy atom. The van der Waals surface area contributed by atoms with Gasteiger partial charge in [-0.2, -0.15) is 0 Å². The molecule has 1 fully saturated rings. The maximum atomic E-state index is 11.3. The molecule has 1 heterocycles. The van der Waals surface area contributed by atoms with Crippen LogP contribution in [0.4, 0.5) is 4.79 Å². The first-order valence-corrected chi connectivity index (χ1v) is 6.29. The maximum Gasteiger partial charge on any atom is 0.407 e. The molecular weight excluding hydrogens is 222 g/mol. The molecule has 0 aromatic heterocycles. The van der Waals surface area contributed by atoms with Crippen LogP contribution in [-0.2, 0) is 14.3 Å². The Bertz CT molecular complexity index is 267. The van der Waals surface area contributed by atoms with Crippen molar-refractivity contribution in [2.75, 3.05) is 6.61 Å². The highest BCUT2D eigenvalue weighted by atomic mass is 16.6. The van der Waals surface area contributed by atoms with E-state index in [1.807, 2.05) is 0 Å². The molecule has 98 valence electrons. The third kappa shape index (κ3) is 4.63. The number of amides is 1. The Morgan fingerprint density at radius 2 is 2.06 bits per heavy atom. The van der Waals surface area contributed by atoms with Crippen LogP contribution in [0, 0.1) is 0 Å². The summed E-state index contributed by atoms with van der Waals surface area (Å²) in [6, 6.07) is -0.539. The first kappa shape index (κ1) is 13.8. The topological polar surface area (TPSA) is 64.6 Å². The molecule has 1 N–H and O–H groups in total. The Balaban J connectivity index is 2.00. The number of alkyl carbamates (subject to hydrolysis) is 1. The van der Waals surface area contributed by atoms with Crippen LogP contribution in [0.25, 0.3) is 0 Å². The summed E-state index contributed by atoms with van der Waals surface area (Å²) >= 11 is 0. The molecule has 5 nitrogen and oxygen atoms in total. The first-order valence-electron chi connectivity index (χ1n) is 6.29. The molecule has 0 aromatic carbocycles. The number of nitrogens with one attached hydrogen (secondary N) is 1. The standard InChI is InChI=1S/C12H21NO4/c1-3-4-5-6-7-8-16-12(15)13-10-9(2)17-11(10)14/h9-10H,3-8H2,1-2H3,(H,13,15). The molecule has 0 spiro atoms. The minimum Gasteiger partial charge on any atom is -0.458 e. The van der Waals surface area contributed by atoms with Crippen molar-refractivity contribution in [2.45, 2.75) is 58.1 Å². The predicted octanol–water partition coefficient (Wildman–Crippen LogP) is 2.00. The number of esters is 1. The zero-order chi connectivity index (χ0) is 12.7. The fourth-order valence-corrected chi connectivity index (χ4v) is 1.66. The van der Waals surface area contributed by atoms with Crippen LogP contribution in [-0.4, -0.2) is 30.8 Å². The third-order valence-corrected chi connectivity index (χ3v) is 2.78. The van der Waals surface area contributed by atoms with Crippen molar-refractivity contribution in [3.05, 3.63) is 0 Å². The molecule has 0 aliphatic carbocycles. The molecule has 1 aliphatic heterocycles. The minimum atomic E-state index is -0.539. The van der Waals surface area contributed by atoms with Gasteiger partial charge in [0, 0.05) is 0 Å². The van der Waals surface area contributed by atoms with Gasteiger partial charge in [-0.3, -0.25) is 0 Å². The van der Waals surface area contributed by atoms with E-state index in [0.29, 0.717) is 6.61 Å². The van der Waals surface area contributed by atoms with Crippen LogP contribution >= 0.6 is 0 Å². The number of ether oxygens (including phenoxy) is 2. The maximum absolute atomic E-state index is 11.3. The zero-order valence-electron chi connectivity index (χ0n) is 10.5. The highest BCUT2D eigenvalue weighted by Gasteiger charge is 2.40. The molecule has 0 aromatic rings. The van der Waals surface area contributed by atoms with Gasteiger partial charge >= 0.3 is 12.1 Å². The summed E-state index contributed by atoms with van der Waals surface area (Å²) in [5.41, 5.74) is 0. The highest BCUT2D eigenvalue weighted by molar-refractivity contribution is 5.86. The van der Waals surface area contributed by atoms with Crippen LogP contribution in [0.3, 0.4) is 0 Å². The van der Waals surface area contributed by atoms with Crippen molar-refractivity contribution in [1.82, 2.24) is 5.32 Å². The van der Waals surface area contributed by atoms with Gasteiger partial charge in [0.15, 0.2) is 6.04 Å². The fourth-order valence-electron chi connectivity index (χ4n) is 1.66. The summed E-state index contributed by atoms with van der Waals surface area (Å²) in [6.45, 7) is 4.30. The van der Waals surface area contributed by atoms with E-state index in [4.69, 9.17) is 9.47 Å². The van der Waals surface area contributed by atoms with E-state index in [1.54, 1.807) is 6.92 Å². The summed E-state index contributed by atoms with van der Waals surface area (Å²) < 4.78 is 9.68. The predicted molar refractivity (Wildman–Crippen MR) is 62.6 cm³/mol. The van der Waals surface area contributed by atoms with Crippen LogP contribution < -0.4 is 5.32 Å². The SMILES string of the molecule is CCCCCCCOC(=O)NC1C(=O)OC1C. The average molecular weight is 243 g/mol. The summed E-state index contributed by atoms with van der Waals surface area (Å²) in [5.74, 6) is -0.391. The smallest absolute Gasteiger partial charge is 0.407 e. The van der Waals surface area contributed by atoms with Crippen molar-refractivity contribution in [2.24, 2.45) is 0 Å². The van der Waals surface area contributed by atoms with Crippen LogP contribution in [0.1, 0.15) is 46.0 Å². The summed E-state index contributed by atoms with van der Waals surface area (Å²) in [4.78, 5) is 22.2. The van der Waals surface area contributed by atoms with E-state index in [2.05, 4.69) is 12.2 Å². The van der Waals surface area contributed by atoms with Gasteiger partial charge in [-0.1, -0.05) is 32.6 Å². The van der Waals surface area contributed by atoms with Crippen LogP contribution in [0.15, 0.2) is 0 Å². The lowest BCUT2D eigenvalue weighted by Gasteiger charge is -2.32. The van der Waals surface area contributed by atoms with Crippen molar-refractivity contribution >= 4 is 12.1 Å². The first-order chi connectivity index (χ1) is 8.15. The lowest BCUT2D eigenvalue weighted by Crippen LogP contribution is -2.58. The van der Waals surface area contributed by atoms with E-state index in [-0.39, 0.29) is 6.10 Å². The molecule has 0 radical (unpaired) electrons. The van der Waals surface area contributed by atoms with Gasteiger partial charge < -0.3 is 14.8 Å². The molecule has 1 amide bonds. The molecule has 17 heavy (non-hydrogen) atoms. The summed E-state index contributed by atoms with van der Waals surface area (Å²) in [5, 5.41) is 2.48. The van der Waals surface area contributed by atoms with E-state index in [0.717, 1.165) is 12.8 Å². The van der Waals surface area contributed by atoms with E-state index < -0.39 is 18.1 Å².